The fraction of sp³-hybridized carbons (Fsp3) is 0.435. The van der Waals surface area contributed by atoms with Crippen LogP contribution >= 0.6 is 11.6 Å². The van der Waals surface area contributed by atoms with Crippen LogP contribution in [-0.2, 0) is 10.0 Å². The zero-order valence-electron chi connectivity index (χ0n) is 16.6. The number of hydrogen-bond acceptors (Lipinski definition) is 3. The number of halogens is 1. The second kappa shape index (κ2) is 7.27. The van der Waals surface area contributed by atoms with Gasteiger partial charge in [-0.25, -0.2) is 8.42 Å². The average Bonchev–Trinajstić information content (AvgIpc) is 2.67. The van der Waals surface area contributed by atoms with Crippen molar-refractivity contribution >= 4 is 33.2 Å². The number of anilines is 1. The molecule has 0 radical (unpaired) electrons. The van der Waals surface area contributed by atoms with Crippen LogP contribution in [0.5, 0.6) is 0 Å². The Labute approximate surface area is 182 Å². The van der Waals surface area contributed by atoms with Crippen molar-refractivity contribution in [2.45, 2.75) is 49.0 Å². The maximum atomic E-state index is 13.1. The number of nitrogens with one attached hydrogen (secondary N) is 2. The monoisotopic (exact) mass is 444 g/mol. The topological polar surface area (TPSA) is 75.3 Å². The molecule has 1 amide bonds. The van der Waals surface area contributed by atoms with Crippen molar-refractivity contribution in [2.75, 3.05) is 4.72 Å². The Bertz CT molecular complexity index is 1050. The fourth-order valence-electron chi connectivity index (χ4n) is 6.14. The smallest absolute Gasteiger partial charge is 0.263 e. The summed E-state index contributed by atoms with van der Waals surface area (Å²) in [5.41, 5.74) is 0.632. The first-order valence-electron chi connectivity index (χ1n) is 10.5. The Morgan fingerprint density at radius 2 is 1.53 bits per heavy atom. The molecule has 2 aromatic carbocycles. The molecule has 4 aliphatic carbocycles. The lowest BCUT2D eigenvalue weighted by Gasteiger charge is -2.56. The van der Waals surface area contributed by atoms with Gasteiger partial charge in [0.05, 0.1) is 5.02 Å². The van der Waals surface area contributed by atoms with E-state index in [2.05, 4.69) is 10.0 Å². The van der Waals surface area contributed by atoms with Crippen LogP contribution in [-0.4, -0.2) is 19.9 Å². The first-order valence-corrected chi connectivity index (χ1v) is 12.4. The van der Waals surface area contributed by atoms with Gasteiger partial charge in [0, 0.05) is 16.8 Å². The molecule has 6 rings (SSSR count). The molecule has 158 valence electrons. The Hall–Kier alpha value is -2.05. The minimum atomic E-state index is -3.92. The summed E-state index contributed by atoms with van der Waals surface area (Å²) in [5.74, 6) is 1.93. The SMILES string of the molecule is O=C(NC12CC3CC(CC(C3)C1)C2)c1ccc(Cl)c(S(=O)(=O)Nc2ccccc2)c1. The number of para-hydroxylation sites is 1. The van der Waals surface area contributed by atoms with Crippen molar-refractivity contribution in [1.82, 2.24) is 5.32 Å². The second-order valence-electron chi connectivity index (χ2n) is 9.27. The van der Waals surface area contributed by atoms with E-state index in [0.29, 0.717) is 29.0 Å². The highest BCUT2D eigenvalue weighted by molar-refractivity contribution is 7.92. The summed E-state index contributed by atoms with van der Waals surface area (Å²) in [6, 6.07) is 13.1. The van der Waals surface area contributed by atoms with E-state index in [1.54, 1.807) is 36.4 Å². The first-order chi connectivity index (χ1) is 14.3. The van der Waals surface area contributed by atoms with Gasteiger partial charge < -0.3 is 5.32 Å². The van der Waals surface area contributed by atoms with Gasteiger partial charge in [0.15, 0.2) is 0 Å². The van der Waals surface area contributed by atoms with Gasteiger partial charge in [-0.15, -0.1) is 0 Å². The van der Waals surface area contributed by atoms with Gasteiger partial charge in [-0.2, -0.15) is 0 Å². The summed E-state index contributed by atoms with van der Waals surface area (Å²) in [5, 5.41) is 3.38. The van der Waals surface area contributed by atoms with Crippen LogP contribution in [0.15, 0.2) is 53.4 Å². The van der Waals surface area contributed by atoms with E-state index in [1.807, 2.05) is 0 Å². The van der Waals surface area contributed by atoms with Crippen molar-refractivity contribution in [2.24, 2.45) is 17.8 Å². The van der Waals surface area contributed by atoms with Crippen molar-refractivity contribution < 1.29 is 13.2 Å². The first kappa shape index (κ1) is 19.9. The molecule has 2 aromatic rings. The van der Waals surface area contributed by atoms with E-state index in [4.69, 9.17) is 11.6 Å². The Morgan fingerprint density at radius 1 is 0.933 bits per heavy atom. The highest BCUT2D eigenvalue weighted by atomic mass is 35.5. The number of rotatable bonds is 5. The van der Waals surface area contributed by atoms with Crippen LogP contribution in [0.2, 0.25) is 5.02 Å². The summed E-state index contributed by atoms with van der Waals surface area (Å²) in [6.45, 7) is 0. The molecule has 0 heterocycles. The minimum Gasteiger partial charge on any atom is -0.347 e. The lowest BCUT2D eigenvalue weighted by molar-refractivity contribution is -0.0167. The molecule has 0 unspecified atom stereocenters. The molecule has 0 aliphatic heterocycles. The van der Waals surface area contributed by atoms with Crippen LogP contribution in [0.3, 0.4) is 0 Å². The summed E-state index contributed by atoms with van der Waals surface area (Å²) in [4.78, 5) is 13.0. The van der Waals surface area contributed by atoms with Crippen LogP contribution in [0.1, 0.15) is 48.9 Å². The van der Waals surface area contributed by atoms with Crippen LogP contribution in [0, 0.1) is 17.8 Å². The van der Waals surface area contributed by atoms with E-state index in [0.717, 1.165) is 19.3 Å². The molecule has 0 spiro atoms. The van der Waals surface area contributed by atoms with Gasteiger partial charge in [-0.3, -0.25) is 9.52 Å². The summed E-state index contributed by atoms with van der Waals surface area (Å²) in [6.07, 6.45) is 7.01. The van der Waals surface area contributed by atoms with E-state index in [1.165, 1.54) is 31.4 Å². The summed E-state index contributed by atoms with van der Waals surface area (Å²) < 4.78 is 28.3. The Morgan fingerprint density at radius 3 is 2.13 bits per heavy atom. The molecule has 4 saturated carbocycles. The molecule has 0 aromatic heterocycles. The van der Waals surface area contributed by atoms with Crippen LogP contribution < -0.4 is 10.0 Å². The highest BCUT2D eigenvalue weighted by Crippen LogP contribution is 2.55. The quantitative estimate of drug-likeness (QED) is 0.692. The van der Waals surface area contributed by atoms with Gasteiger partial charge in [0.2, 0.25) is 0 Å². The molecule has 0 saturated heterocycles. The maximum absolute atomic E-state index is 13.1. The lowest BCUT2D eigenvalue weighted by atomic mass is 9.53. The van der Waals surface area contributed by atoms with E-state index in [9.17, 15) is 13.2 Å². The number of carbonyl (C=O) groups excluding carboxylic acids is 1. The van der Waals surface area contributed by atoms with Crippen molar-refractivity contribution in [3.63, 3.8) is 0 Å². The third kappa shape index (κ3) is 3.71. The third-order valence-electron chi connectivity index (χ3n) is 6.93. The van der Waals surface area contributed by atoms with E-state index >= 15 is 0 Å². The molecule has 0 atom stereocenters. The number of amides is 1. The third-order valence-corrected chi connectivity index (χ3v) is 8.79. The molecule has 30 heavy (non-hydrogen) atoms. The zero-order valence-corrected chi connectivity index (χ0v) is 18.2. The predicted octanol–water partition coefficient (Wildman–Crippen LogP) is 4.84. The van der Waals surface area contributed by atoms with Crippen LogP contribution in [0.4, 0.5) is 5.69 Å². The van der Waals surface area contributed by atoms with E-state index < -0.39 is 10.0 Å². The van der Waals surface area contributed by atoms with Gasteiger partial charge in [0.1, 0.15) is 4.90 Å². The fourth-order valence-corrected chi connectivity index (χ4v) is 7.73. The standard InChI is InChI=1S/C23H25ClN2O3S/c24-20-7-6-18(11-21(20)30(28,29)26-19-4-2-1-3-5-19)22(27)25-23-12-15-8-16(13-23)10-17(9-15)14-23/h1-7,11,15-17,26H,8-10,12-14H2,(H,25,27). The predicted molar refractivity (Wildman–Crippen MR) is 117 cm³/mol. The highest BCUT2D eigenvalue weighted by Gasteiger charge is 2.51. The normalized spacial score (nSPS) is 29.6. The van der Waals surface area contributed by atoms with Gasteiger partial charge in [0.25, 0.3) is 15.9 Å². The number of benzene rings is 2. The molecule has 4 bridgehead atoms. The maximum Gasteiger partial charge on any atom is 0.263 e. The molecule has 5 nitrogen and oxygen atoms in total. The average molecular weight is 445 g/mol. The molecular formula is C23H25ClN2O3S. The number of hydrogen-bond donors (Lipinski definition) is 2. The minimum absolute atomic E-state index is 0.0878. The Balaban J connectivity index is 1.39. The largest absolute Gasteiger partial charge is 0.347 e. The van der Waals surface area contributed by atoms with Gasteiger partial charge >= 0.3 is 0 Å². The van der Waals surface area contributed by atoms with Gasteiger partial charge in [-0.1, -0.05) is 29.8 Å². The van der Waals surface area contributed by atoms with E-state index in [-0.39, 0.29) is 21.4 Å². The Kier molecular flexibility index (Phi) is 4.82. The van der Waals surface area contributed by atoms with Crippen molar-refractivity contribution in [1.29, 1.82) is 0 Å². The summed E-state index contributed by atoms with van der Waals surface area (Å²) in [7, 11) is -3.92. The van der Waals surface area contributed by atoms with Crippen LogP contribution in [0.25, 0.3) is 0 Å². The molecule has 7 heteroatoms. The zero-order chi connectivity index (χ0) is 20.9. The molecule has 2 N–H and O–H groups in total. The summed E-state index contributed by atoms with van der Waals surface area (Å²) >= 11 is 6.20. The molecule has 4 aliphatic rings. The van der Waals surface area contributed by atoms with Crippen molar-refractivity contribution in [3.05, 3.63) is 59.1 Å². The second-order valence-corrected chi connectivity index (χ2v) is 11.3. The molecule has 4 fully saturated rings. The number of carbonyl (C=O) groups is 1. The van der Waals surface area contributed by atoms with Crippen molar-refractivity contribution in [3.8, 4) is 0 Å². The number of sulfonamides is 1. The lowest BCUT2D eigenvalue weighted by Crippen LogP contribution is -2.59. The molecular weight excluding hydrogens is 420 g/mol. The van der Waals surface area contributed by atoms with Gasteiger partial charge in [-0.05, 0) is 86.6 Å².